The van der Waals surface area contributed by atoms with Gasteiger partial charge in [-0.2, -0.15) is 0 Å². The summed E-state index contributed by atoms with van der Waals surface area (Å²) < 4.78 is 16.3. The topological polar surface area (TPSA) is 27.7 Å². The van der Waals surface area contributed by atoms with Crippen molar-refractivity contribution in [2.45, 2.75) is 14.8 Å². The van der Waals surface area contributed by atoms with Gasteiger partial charge < -0.3 is 0 Å². The van der Waals surface area contributed by atoms with E-state index in [2.05, 4.69) is 14.8 Å². The predicted molar refractivity (Wildman–Crippen MR) is 49.6 cm³/mol. The summed E-state index contributed by atoms with van der Waals surface area (Å²) in [5, 5.41) is 0. The molecular formula is C3H9O3Sb2Sn3. The third kappa shape index (κ3) is 10.2. The summed E-state index contributed by atoms with van der Waals surface area (Å²) in [4.78, 5) is 6.33. The maximum absolute atomic E-state index is 5.73. The fourth-order valence-corrected chi connectivity index (χ4v) is 27.5. The SMILES string of the molecule is [CH3][Sn]([O][Sn])[O][Sn]([CH3])([CH3])[O][Sb].[Sb]. The zero-order chi connectivity index (χ0) is 8.20. The Labute approximate surface area is 127 Å². The number of hydrogen-bond acceptors (Lipinski definition) is 3. The van der Waals surface area contributed by atoms with Gasteiger partial charge in [-0.05, 0) is 0 Å². The summed E-state index contributed by atoms with van der Waals surface area (Å²) in [6.07, 6.45) is 0. The maximum Gasteiger partial charge on any atom is 0 e. The van der Waals surface area contributed by atoms with Crippen LogP contribution in [0.1, 0.15) is 0 Å². The zero-order valence-electron chi connectivity index (χ0n) is 6.62. The van der Waals surface area contributed by atoms with Crippen LogP contribution < -0.4 is 0 Å². The minimum absolute atomic E-state index is 0. The molecule has 8 heteroatoms. The van der Waals surface area contributed by atoms with Crippen LogP contribution in [0.15, 0.2) is 0 Å². The van der Waals surface area contributed by atoms with Gasteiger partial charge in [-0.3, -0.25) is 0 Å². The Morgan fingerprint density at radius 3 is 2.18 bits per heavy atom. The van der Waals surface area contributed by atoms with Crippen LogP contribution in [0.2, 0.25) is 14.8 Å². The molecule has 0 unspecified atom stereocenters. The molecule has 0 amide bonds. The molecule has 0 rings (SSSR count). The molecule has 9 radical (unpaired) electrons. The van der Waals surface area contributed by atoms with Crippen LogP contribution in [-0.2, 0) is 4.18 Å². The molecule has 0 atom stereocenters. The monoisotopic (exact) mass is 695 g/mol. The maximum atomic E-state index is 5.73. The Hall–Kier alpha value is 3.91. The molecule has 0 aliphatic heterocycles. The fourth-order valence-electron chi connectivity index (χ4n) is 0.386. The minimum Gasteiger partial charge on any atom is 0 e. The van der Waals surface area contributed by atoms with Crippen molar-refractivity contribution in [2.24, 2.45) is 0 Å². The second kappa shape index (κ2) is 9.16. The van der Waals surface area contributed by atoms with Crippen LogP contribution in [0.25, 0.3) is 0 Å². The Kier molecular flexibility index (Phi) is 14.4. The largest absolute Gasteiger partial charge is 0 e. The molecule has 0 aromatic rings. The van der Waals surface area contributed by atoms with Gasteiger partial charge in [-0.1, -0.05) is 0 Å². The van der Waals surface area contributed by atoms with E-state index in [0.29, 0.717) is 0 Å². The molecule has 11 heavy (non-hydrogen) atoms. The van der Waals surface area contributed by atoms with Gasteiger partial charge in [0.15, 0.2) is 0 Å². The molecule has 0 fully saturated rings. The molecule has 0 saturated carbocycles. The number of rotatable bonds is 4. The van der Waals surface area contributed by atoms with Gasteiger partial charge in [-0.25, -0.2) is 0 Å². The Morgan fingerprint density at radius 1 is 1.45 bits per heavy atom. The first kappa shape index (κ1) is 17.3. The molecule has 0 aliphatic carbocycles. The van der Waals surface area contributed by atoms with Crippen LogP contribution in [0.3, 0.4) is 0 Å². The van der Waals surface area contributed by atoms with Crippen LogP contribution in [-0.4, -0.2) is 111 Å². The molecule has 0 aromatic carbocycles. The van der Waals surface area contributed by atoms with Crippen molar-refractivity contribution < 1.29 is 4.18 Å². The molecular weight excluding hydrogens is 684 g/mol. The van der Waals surface area contributed by atoms with E-state index in [4.69, 9.17) is 4.18 Å². The van der Waals surface area contributed by atoms with Crippen molar-refractivity contribution in [3.63, 3.8) is 0 Å². The van der Waals surface area contributed by atoms with E-state index >= 15 is 0 Å². The van der Waals surface area contributed by atoms with Crippen LogP contribution in [0.4, 0.5) is 0 Å². The first-order valence-corrected chi connectivity index (χ1v) is 18.1. The molecule has 0 aliphatic rings. The van der Waals surface area contributed by atoms with E-state index in [-0.39, 0.29) is 24.4 Å². The molecule has 0 bridgehead atoms. The van der Waals surface area contributed by atoms with Gasteiger partial charge >= 0.3 is 105 Å². The second-order valence-electron chi connectivity index (χ2n) is 2.19. The quantitative estimate of drug-likeness (QED) is 0.378. The Balaban J connectivity index is 0. The summed E-state index contributed by atoms with van der Waals surface area (Å²) in [6, 6.07) is 0. The van der Waals surface area contributed by atoms with E-state index in [1.165, 1.54) is 23.4 Å². The summed E-state index contributed by atoms with van der Waals surface area (Å²) >= 11 is -1.73. The van der Waals surface area contributed by atoms with Crippen molar-refractivity contribution >= 4 is 111 Å². The Bertz CT molecular complexity index is 104. The zero-order valence-corrected chi connectivity index (χ0v) is 20.3. The smallest absolute Gasteiger partial charge is 0 e. The van der Waals surface area contributed by atoms with Crippen LogP contribution in [0, 0.1) is 0 Å². The first-order valence-electron chi connectivity index (χ1n) is 2.70. The van der Waals surface area contributed by atoms with E-state index in [9.17, 15) is 0 Å². The Morgan fingerprint density at radius 2 is 1.91 bits per heavy atom. The molecule has 0 spiro atoms. The summed E-state index contributed by atoms with van der Waals surface area (Å²) in [5.41, 5.74) is 0. The predicted octanol–water partition coefficient (Wildman–Crippen LogP) is -0.358. The van der Waals surface area contributed by atoms with E-state index in [1.54, 1.807) is 0 Å². The van der Waals surface area contributed by atoms with E-state index < -0.39 is 39.8 Å². The van der Waals surface area contributed by atoms with Crippen molar-refractivity contribution in [3.05, 3.63) is 0 Å². The second-order valence-corrected chi connectivity index (χ2v) is 26.0. The molecule has 3 nitrogen and oxygen atoms in total. The van der Waals surface area contributed by atoms with Crippen LogP contribution >= 0.6 is 0 Å². The first-order chi connectivity index (χ1) is 4.52. The summed E-state index contributed by atoms with van der Waals surface area (Å²) in [5.74, 6) is 0. The normalized spacial score (nSPS) is 11.5. The van der Waals surface area contributed by atoms with Crippen molar-refractivity contribution in [2.75, 3.05) is 0 Å². The van der Waals surface area contributed by atoms with Crippen molar-refractivity contribution in [1.82, 2.24) is 0 Å². The van der Waals surface area contributed by atoms with Gasteiger partial charge in [0, 0.05) is 24.4 Å². The van der Waals surface area contributed by atoms with Gasteiger partial charge in [0.1, 0.15) is 0 Å². The molecule has 61 valence electrons. The summed E-state index contributed by atoms with van der Waals surface area (Å²) in [7, 11) is 0. The van der Waals surface area contributed by atoms with E-state index in [0.717, 1.165) is 22.9 Å². The third-order valence-electron chi connectivity index (χ3n) is 0.753. The fraction of sp³-hybridized carbons (Fsp3) is 1.00. The molecule has 0 heterocycles. The van der Waals surface area contributed by atoms with Crippen LogP contribution in [0.5, 0.6) is 0 Å². The van der Waals surface area contributed by atoms with Gasteiger partial charge in [-0.15, -0.1) is 0 Å². The molecule has 0 saturated heterocycles. The summed E-state index contributed by atoms with van der Waals surface area (Å²) in [6.45, 7) is 0. The van der Waals surface area contributed by atoms with Crippen molar-refractivity contribution in [3.8, 4) is 0 Å². The molecule has 0 aromatic heterocycles. The number of hydrogen-bond donors (Lipinski definition) is 0. The van der Waals surface area contributed by atoms with E-state index in [1.807, 2.05) is 0 Å². The van der Waals surface area contributed by atoms with Gasteiger partial charge in [0.05, 0.1) is 0 Å². The van der Waals surface area contributed by atoms with Gasteiger partial charge in [0.2, 0.25) is 0 Å². The third-order valence-corrected chi connectivity index (χ3v) is 33.9. The molecule has 0 N–H and O–H groups in total. The minimum atomic E-state index is -2.44. The average Bonchev–Trinajstić information content (AvgIpc) is 1.87. The average molecular weight is 693 g/mol. The van der Waals surface area contributed by atoms with Crippen molar-refractivity contribution in [1.29, 1.82) is 0 Å². The van der Waals surface area contributed by atoms with Gasteiger partial charge in [0.25, 0.3) is 0 Å². The standard InChI is InChI=1S/3CH3.3O.2Sb.3Sn/h3*1H3;;;;;;;;.